The van der Waals surface area contributed by atoms with E-state index in [1.807, 2.05) is 53.4 Å². The standard InChI is InChI=1S/C24H30N4O3/c1-2-11-28-22(20-8-3-4-9-21(20)24(28)30)26-19-7-5-6-18(17-19)23(29)25-10-12-27-13-15-31-16-14-27/h3-9,17,22,26H,2,10-16H2,1H3,(H,25,29). The van der Waals surface area contributed by atoms with Crippen molar-refractivity contribution in [2.24, 2.45) is 0 Å². The number of anilines is 1. The molecule has 2 aliphatic rings. The Labute approximate surface area is 183 Å². The highest BCUT2D eigenvalue weighted by atomic mass is 16.5. The molecule has 164 valence electrons. The molecule has 0 spiro atoms. The summed E-state index contributed by atoms with van der Waals surface area (Å²) in [5.74, 6) is -0.0443. The lowest BCUT2D eigenvalue weighted by molar-refractivity contribution is 0.0383. The molecule has 0 bridgehead atoms. The largest absolute Gasteiger partial charge is 0.379 e. The van der Waals surface area contributed by atoms with Gasteiger partial charge in [0.2, 0.25) is 0 Å². The van der Waals surface area contributed by atoms with Gasteiger partial charge in [-0.15, -0.1) is 0 Å². The van der Waals surface area contributed by atoms with Gasteiger partial charge < -0.3 is 20.3 Å². The van der Waals surface area contributed by atoms with Crippen molar-refractivity contribution < 1.29 is 14.3 Å². The normalized spacial score (nSPS) is 18.7. The number of carbonyl (C=O) groups excluding carboxylic acids is 2. The number of amides is 2. The molecule has 0 saturated carbocycles. The summed E-state index contributed by atoms with van der Waals surface area (Å²) >= 11 is 0. The molecule has 0 aromatic heterocycles. The Morgan fingerprint density at radius 3 is 2.71 bits per heavy atom. The van der Waals surface area contributed by atoms with E-state index in [1.165, 1.54) is 0 Å². The van der Waals surface area contributed by atoms with Gasteiger partial charge in [-0.25, -0.2) is 0 Å². The first-order valence-corrected chi connectivity index (χ1v) is 11.0. The number of ether oxygens (including phenoxy) is 1. The molecule has 2 heterocycles. The van der Waals surface area contributed by atoms with Crippen LogP contribution in [0.5, 0.6) is 0 Å². The number of hydrogen-bond acceptors (Lipinski definition) is 5. The van der Waals surface area contributed by atoms with Crippen LogP contribution >= 0.6 is 0 Å². The van der Waals surface area contributed by atoms with Crippen LogP contribution in [0.1, 0.15) is 45.8 Å². The summed E-state index contributed by atoms with van der Waals surface area (Å²) in [6, 6.07) is 15.2. The Balaban J connectivity index is 1.41. The zero-order chi connectivity index (χ0) is 21.6. The number of rotatable bonds is 8. The van der Waals surface area contributed by atoms with Crippen molar-refractivity contribution in [1.29, 1.82) is 0 Å². The summed E-state index contributed by atoms with van der Waals surface area (Å²) in [5.41, 5.74) is 3.13. The number of fused-ring (bicyclic) bond motifs is 1. The molecular formula is C24H30N4O3. The maximum atomic E-state index is 12.8. The van der Waals surface area contributed by atoms with Gasteiger partial charge in [0, 0.05) is 55.1 Å². The van der Waals surface area contributed by atoms with E-state index in [9.17, 15) is 9.59 Å². The predicted octanol–water partition coefficient (Wildman–Crippen LogP) is 2.73. The minimum atomic E-state index is -0.233. The molecule has 1 atom stereocenters. The summed E-state index contributed by atoms with van der Waals surface area (Å²) in [6.07, 6.45) is 0.645. The average molecular weight is 423 g/mol. The zero-order valence-corrected chi connectivity index (χ0v) is 18.0. The van der Waals surface area contributed by atoms with Gasteiger partial charge in [-0.3, -0.25) is 14.5 Å². The van der Waals surface area contributed by atoms with E-state index < -0.39 is 0 Å². The fourth-order valence-corrected chi connectivity index (χ4v) is 4.16. The lowest BCUT2D eigenvalue weighted by atomic mass is 10.1. The van der Waals surface area contributed by atoms with Crippen LogP contribution in [0.3, 0.4) is 0 Å². The van der Waals surface area contributed by atoms with Crippen molar-refractivity contribution in [2.45, 2.75) is 19.5 Å². The predicted molar refractivity (Wildman–Crippen MR) is 120 cm³/mol. The second-order valence-corrected chi connectivity index (χ2v) is 7.92. The number of hydrogen-bond donors (Lipinski definition) is 2. The Bertz CT molecular complexity index is 927. The number of carbonyl (C=O) groups is 2. The molecule has 0 aliphatic carbocycles. The van der Waals surface area contributed by atoms with E-state index in [2.05, 4.69) is 22.5 Å². The number of nitrogens with zero attached hydrogens (tertiary/aromatic N) is 2. The molecule has 7 nitrogen and oxygen atoms in total. The lowest BCUT2D eigenvalue weighted by Crippen LogP contribution is -2.41. The topological polar surface area (TPSA) is 73.9 Å². The minimum Gasteiger partial charge on any atom is -0.379 e. The SMILES string of the molecule is CCCN1C(=O)c2ccccc2C1Nc1cccc(C(=O)NCCN2CCOCC2)c1. The maximum absolute atomic E-state index is 12.8. The quantitative estimate of drug-likeness (QED) is 0.684. The van der Waals surface area contributed by atoms with Gasteiger partial charge in [0.1, 0.15) is 6.17 Å². The van der Waals surface area contributed by atoms with E-state index in [0.29, 0.717) is 18.7 Å². The van der Waals surface area contributed by atoms with E-state index in [-0.39, 0.29) is 18.0 Å². The third-order valence-corrected chi connectivity index (χ3v) is 5.77. The minimum absolute atomic E-state index is 0.0481. The average Bonchev–Trinajstić information content (AvgIpc) is 3.06. The lowest BCUT2D eigenvalue weighted by Gasteiger charge is -2.27. The van der Waals surface area contributed by atoms with E-state index in [4.69, 9.17) is 4.74 Å². The first-order chi connectivity index (χ1) is 15.2. The van der Waals surface area contributed by atoms with Crippen LogP contribution < -0.4 is 10.6 Å². The van der Waals surface area contributed by atoms with E-state index >= 15 is 0 Å². The van der Waals surface area contributed by atoms with Gasteiger partial charge in [0.25, 0.3) is 11.8 Å². The van der Waals surface area contributed by atoms with Gasteiger partial charge >= 0.3 is 0 Å². The van der Waals surface area contributed by atoms with Crippen LogP contribution in [0.2, 0.25) is 0 Å². The summed E-state index contributed by atoms with van der Waals surface area (Å²) in [5, 5.41) is 6.47. The monoisotopic (exact) mass is 422 g/mol. The van der Waals surface area contributed by atoms with Crippen LogP contribution in [0, 0.1) is 0 Å². The number of benzene rings is 2. The highest BCUT2D eigenvalue weighted by molar-refractivity contribution is 5.99. The first-order valence-electron chi connectivity index (χ1n) is 11.0. The third-order valence-electron chi connectivity index (χ3n) is 5.77. The Morgan fingerprint density at radius 2 is 1.90 bits per heavy atom. The molecule has 2 aromatic rings. The molecule has 2 aromatic carbocycles. The fraction of sp³-hybridized carbons (Fsp3) is 0.417. The van der Waals surface area contributed by atoms with Gasteiger partial charge in [-0.1, -0.05) is 31.2 Å². The zero-order valence-electron chi connectivity index (χ0n) is 18.0. The molecule has 1 fully saturated rings. The van der Waals surface area contributed by atoms with Gasteiger partial charge in [0.05, 0.1) is 13.2 Å². The smallest absolute Gasteiger partial charge is 0.256 e. The van der Waals surface area contributed by atoms with Crippen molar-refractivity contribution in [3.8, 4) is 0 Å². The van der Waals surface area contributed by atoms with E-state index in [0.717, 1.165) is 56.1 Å². The first kappa shape index (κ1) is 21.3. The molecule has 1 unspecified atom stereocenters. The van der Waals surface area contributed by atoms with Crippen LogP contribution in [-0.2, 0) is 4.74 Å². The second kappa shape index (κ2) is 9.94. The van der Waals surface area contributed by atoms with Crippen LogP contribution in [-0.4, -0.2) is 67.6 Å². The van der Waals surface area contributed by atoms with Crippen LogP contribution in [0.25, 0.3) is 0 Å². The molecule has 31 heavy (non-hydrogen) atoms. The van der Waals surface area contributed by atoms with Gasteiger partial charge in [-0.05, 0) is 30.7 Å². The Hall–Kier alpha value is -2.90. The van der Waals surface area contributed by atoms with Crippen molar-refractivity contribution in [3.05, 3.63) is 65.2 Å². The summed E-state index contributed by atoms with van der Waals surface area (Å²) in [4.78, 5) is 29.6. The van der Waals surface area contributed by atoms with Crippen molar-refractivity contribution in [1.82, 2.24) is 15.1 Å². The van der Waals surface area contributed by atoms with Crippen molar-refractivity contribution in [2.75, 3.05) is 51.3 Å². The van der Waals surface area contributed by atoms with E-state index in [1.54, 1.807) is 0 Å². The van der Waals surface area contributed by atoms with Crippen LogP contribution in [0.4, 0.5) is 5.69 Å². The summed E-state index contributed by atoms with van der Waals surface area (Å²) < 4.78 is 5.36. The van der Waals surface area contributed by atoms with Crippen LogP contribution in [0.15, 0.2) is 48.5 Å². The highest BCUT2D eigenvalue weighted by Crippen LogP contribution is 2.34. The molecule has 4 rings (SSSR count). The van der Waals surface area contributed by atoms with Gasteiger partial charge in [0.15, 0.2) is 0 Å². The summed E-state index contributed by atoms with van der Waals surface area (Å²) in [6.45, 7) is 7.48. The molecule has 1 saturated heterocycles. The Morgan fingerprint density at radius 1 is 1.10 bits per heavy atom. The number of nitrogens with one attached hydrogen (secondary N) is 2. The molecule has 7 heteroatoms. The van der Waals surface area contributed by atoms with Gasteiger partial charge in [-0.2, -0.15) is 0 Å². The molecular weight excluding hydrogens is 392 g/mol. The molecule has 2 amide bonds. The highest BCUT2D eigenvalue weighted by Gasteiger charge is 2.35. The summed E-state index contributed by atoms with van der Waals surface area (Å²) in [7, 11) is 0. The molecule has 0 radical (unpaired) electrons. The molecule has 2 aliphatic heterocycles. The Kier molecular flexibility index (Phi) is 6.84. The second-order valence-electron chi connectivity index (χ2n) is 7.92. The third kappa shape index (κ3) is 4.89. The molecule has 2 N–H and O–H groups in total. The van der Waals surface area contributed by atoms with Crippen molar-refractivity contribution >= 4 is 17.5 Å². The van der Waals surface area contributed by atoms with Crippen molar-refractivity contribution in [3.63, 3.8) is 0 Å². The number of morpholine rings is 1. The fourth-order valence-electron chi connectivity index (χ4n) is 4.16. The maximum Gasteiger partial charge on any atom is 0.256 e.